The highest BCUT2D eigenvalue weighted by Gasteiger charge is 2.26. The molecule has 2 heteroatoms. The molecule has 66 heavy (non-hydrogen) atoms. The third kappa shape index (κ3) is 6.25. The van der Waals surface area contributed by atoms with Gasteiger partial charge < -0.3 is 9.47 Å². The van der Waals surface area contributed by atoms with Gasteiger partial charge in [-0.2, -0.15) is 0 Å². The minimum absolute atomic E-state index is 1.09. The summed E-state index contributed by atoms with van der Waals surface area (Å²) < 4.78 is 2.38. The first kappa shape index (κ1) is 38.3. The standard InChI is InChI=1S/C64H46N2/c1-3-17-44(18-4-1)63-57-28-13-10-24-53(57)54-25-11-14-29-58(54)64(63)45-33-38-50(39-34-45)65(62-42-47-19-7-8-22-51(47)52-23-9-12-26-55(52)62)49-36-31-43(32-37-49)46-35-40-61-59(41-46)56-27-15-16-30-60(56)66(61)48-20-5-2-6-21-48/h1-9,12-23,26-42H,10-11,24-25H2. The lowest BCUT2D eigenvalue weighted by Gasteiger charge is -2.29. The average Bonchev–Trinajstić information content (AvgIpc) is 3.73. The van der Waals surface area contributed by atoms with Crippen molar-refractivity contribution in [2.75, 3.05) is 4.90 Å². The number of hydrogen-bond donors (Lipinski definition) is 0. The predicted molar refractivity (Wildman–Crippen MR) is 281 cm³/mol. The van der Waals surface area contributed by atoms with Crippen LogP contribution in [0.1, 0.15) is 35.1 Å². The summed E-state index contributed by atoms with van der Waals surface area (Å²) in [6.07, 6.45) is 13.9. The summed E-state index contributed by atoms with van der Waals surface area (Å²) in [6, 6.07) is 76.1. The van der Waals surface area contributed by atoms with Gasteiger partial charge in [-0.3, -0.25) is 0 Å². The Morgan fingerprint density at radius 1 is 0.364 bits per heavy atom. The number of allylic oxidation sites excluding steroid dienone is 2. The summed E-state index contributed by atoms with van der Waals surface area (Å²) in [5.74, 6) is 0. The lowest BCUT2D eigenvalue weighted by Crippen LogP contribution is -2.11. The minimum Gasteiger partial charge on any atom is -0.310 e. The Morgan fingerprint density at radius 3 is 1.56 bits per heavy atom. The highest BCUT2D eigenvalue weighted by Crippen LogP contribution is 2.48. The monoisotopic (exact) mass is 842 g/mol. The van der Waals surface area contributed by atoms with Gasteiger partial charge in [-0.1, -0.05) is 170 Å². The molecule has 0 saturated heterocycles. The maximum Gasteiger partial charge on any atom is 0.0546 e. The van der Waals surface area contributed by atoms with Gasteiger partial charge in [0.25, 0.3) is 0 Å². The van der Waals surface area contributed by atoms with E-state index in [-0.39, 0.29) is 0 Å². The van der Waals surface area contributed by atoms with E-state index in [1.54, 1.807) is 0 Å². The SMILES string of the molecule is C1=Cc2c(c3c(c(-c4ccc(N(c5ccc(-c6ccc7c(c6)c6ccccc6n7-c6ccccc6)cc5)c5cc6ccccc6c6ccccc56)cc4)c2-c2ccccc2)C=CCC3)CC1. The molecule has 11 aromatic rings. The van der Waals surface area contributed by atoms with Crippen LogP contribution in [-0.2, 0) is 12.8 Å². The third-order valence-electron chi connectivity index (χ3n) is 14.1. The molecule has 0 fully saturated rings. The van der Waals surface area contributed by atoms with Gasteiger partial charge in [-0.05, 0) is 158 Å². The molecule has 10 aromatic carbocycles. The molecule has 0 spiro atoms. The first-order valence-corrected chi connectivity index (χ1v) is 23.4. The Hall–Kier alpha value is -8.20. The van der Waals surface area contributed by atoms with E-state index >= 15 is 0 Å². The Balaban J connectivity index is 0.968. The van der Waals surface area contributed by atoms with Crippen molar-refractivity contribution < 1.29 is 0 Å². The number of aromatic nitrogens is 1. The molecule has 0 saturated carbocycles. The van der Waals surface area contributed by atoms with Crippen molar-refractivity contribution in [2.45, 2.75) is 25.7 Å². The van der Waals surface area contributed by atoms with E-state index in [9.17, 15) is 0 Å². The molecule has 2 aliphatic carbocycles. The molecule has 0 bridgehead atoms. The zero-order chi connectivity index (χ0) is 43.6. The molecule has 0 amide bonds. The molecule has 2 nitrogen and oxygen atoms in total. The number of para-hydroxylation sites is 2. The smallest absolute Gasteiger partial charge is 0.0546 e. The van der Waals surface area contributed by atoms with E-state index in [2.05, 4.69) is 240 Å². The number of benzene rings is 10. The lowest BCUT2D eigenvalue weighted by atomic mass is 9.76. The Morgan fingerprint density at radius 2 is 0.879 bits per heavy atom. The molecular weight excluding hydrogens is 797 g/mol. The highest BCUT2D eigenvalue weighted by molar-refractivity contribution is 6.15. The number of hydrogen-bond acceptors (Lipinski definition) is 1. The molecule has 0 radical (unpaired) electrons. The van der Waals surface area contributed by atoms with Gasteiger partial charge in [-0.25, -0.2) is 0 Å². The molecule has 2 aliphatic rings. The van der Waals surface area contributed by atoms with Crippen molar-refractivity contribution in [2.24, 2.45) is 0 Å². The fourth-order valence-corrected chi connectivity index (χ4v) is 11.1. The molecule has 1 aromatic heterocycles. The van der Waals surface area contributed by atoms with Crippen LogP contribution in [0.15, 0.2) is 218 Å². The first-order valence-electron chi connectivity index (χ1n) is 23.4. The summed E-state index contributed by atoms with van der Waals surface area (Å²) in [7, 11) is 0. The number of fused-ring (bicyclic) bond motifs is 9. The topological polar surface area (TPSA) is 8.17 Å². The summed E-state index contributed by atoms with van der Waals surface area (Å²) in [5, 5.41) is 7.46. The Bertz CT molecular complexity index is 3720. The van der Waals surface area contributed by atoms with Gasteiger partial charge in [0, 0.05) is 33.2 Å². The second kappa shape index (κ2) is 15.8. The van der Waals surface area contributed by atoms with Gasteiger partial charge in [0.2, 0.25) is 0 Å². The van der Waals surface area contributed by atoms with Gasteiger partial charge in [-0.15, -0.1) is 0 Å². The molecule has 0 atom stereocenters. The van der Waals surface area contributed by atoms with Crippen molar-refractivity contribution in [3.63, 3.8) is 0 Å². The Kier molecular flexibility index (Phi) is 9.16. The molecule has 0 aliphatic heterocycles. The quantitative estimate of drug-likeness (QED) is 0.145. The van der Waals surface area contributed by atoms with Gasteiger partial charge in [0.15, 0.2) is 0 Å². The van der Waals surface area contributed by atoms with Crippen LogP contribution in [0.5, 0.6) is 0 Å². The van der Waals surface area contributed by atoms with Gasteiger partial charge in [0.1, 0.15) is 0 Å². The van der Waals surface area contributed by atoms with Crippen molar-refractivity contribution in [1.82, 2.24) is 4.57 Å². The minimum atomic E-state index is 1.09. The predicted octanol–water partition coefficient (Wildman–Crippen LogP) is 17.5. The van der Waals surface area contributed by atoms with E-state index in [1.165, 1.54) is 105 Å². The summed E-state index contributed by atoms with van der Waals surface area (Å²) in [6.45, 7) is 0. The second-order valence-corrected chi connectivity index (χ2v) is 17.8. The number of rotatable bonds is 7. The van der Waals surface area contributed by atoms with Crippen LogP contribution in [0.2, 0.25) is 0 Å². The van der Waals surface area contributed by atoms with E-state index in [4.69, 9.17) is 0 Å². The summed E-state index contributed by atoms with van der Waals surface area (Å²) >= 11 is 0. The van der Waals surface area contributed by atoms with Crippen LogP contribution in [0.3, 0.4) is 0 Å². The van der Waals surface area contributed by atoms with Crippen molar-refractivity contribution in [3.05, 3.63) is 241 Å². The van der Waals surface area contributed by atoms with Crippen molar-refractivity contribution in [3.8, 4) is 39.1 Å². The highest BCUT2D eigenvalue weighted by atomic mass is 15.1. The maximum absolute atomic E-state index is 2.46. The van der Waals surface area contributed by atoms with E-state index < -0.39 is 0 Å². The first-order chi connectivity index (χ1) is 32.8. The average molecular weight is 843 g/mol. The van der Waals surface area contributed by atoms with E-state index in [0.29, 0.717) is 0 Å². The zero-order valence-corrected chi connectivity index (χ0v) is 36.7. The second-order valence-electron chi connectivity index (χ2n) is 17.8. The van der Waals surface area contributed by atoms with Crippen LogP contribution in [0.25, 0.3) is 94.6 Å². The van der Waals surface area contributed by atoms with Crippen LogP contribution in [0, 0.1) is 0 Å². The molecule has 13 rings (SSSR count). The molecule has 0 unspecified atom stereocenters. The van der Waals surface area contributed by atoms with Crippen LogP contribution in [0.4, 0.5) is 17.1 Å². The Labute approximate surface area is 385 Å². The van der Waals surface area contributed by atoms with Crippen LogP contribution < -0.4 is 4.90 Å². The molecular formula is C64H46N2. The number of nitrogens with zero attached hydrogens (tertiary/aromatic N) is 2. The van der Waals surface area contributed by atoms with Crippen LogP contribution in [-0.4, -0.2) is 4.57 Å². The summed E-state index contributed by atoms with van der Waals surface area (Å²) in [4.78, 5) is 2.46. The summed E-state index contributed by atoms with van der Waals surface area (Å²) in [5.41, 5.74) is 20.4. The van der Waals surface area contributed by atoms with Crippen LogP contribution >= 0.6 is 0 Å². The molecule has 312 valence electrons. The fourth-order valence-electron chi connectivity index (χ4n) is 11.1. The van der Waals surface area contributed by atoms with Crippen molar-refractivity contribution in [1.29, 1.82) is 0 Å². The van der Waals surface area contributed by atoms with E-state index in [1.807, 2.05) is 0 Å². The molecule has 1 heterocycles. The maximum atomic E-state index is 2.46. The van der Waals surface area contributed by atoms with Gasteiger partial charge >= 0.3 is 0 Å². The third-order valence-corrected chi connectivity index (χ3v) is 14.1. The van der Waals surface area contributed by atoms with Crippen molar-refractivity contribution >= 4 is 72.6 Å². The number of anilines is 3. The zero-order valence-electron chi connectivity index (χ0n) is 36.7. The largest absolute Gasteiger partial charge is 0.310 e. The van der Waals surface area contributed by atoms with Gasteiger partial charge in [0.05, 0.1) is 16.7 Å². The fraction of sp³-hybridized carbons (Fsp3) is 0.0625. The lowest BCUT2D eigenvalue weighted by molar-refractivity contribution is 0.907. The van der Waals surface area contributed by atoms with E-state index in [0.717, 1.165) is 42.7 Å². The molecule has 0 N–H and O–H groups in total. The normalized spacial score (nSPS) is 13.1.